The molecule has 1 atom stereocenters. The van der Waals surface area contributed by atoms with E-state index in [0.29, 0.717) is 11.3 Å². The summed E-state index contributed by atoms with van der Waals surface area (Å²) in [4.78, 5) is 23.4. The third-order valence-corrected chi connectivity index (χ3v) is 3.36. The lowest BCUT2D eigenvalue weighted by Crippen LogP contribution is -2.23. The Kier molecular flexibility index (Phi) is 5.19. The van der Waals surface area contributed by atoms with Gasteiger partial charge in [0.25, 0.3) is 0 Å². The Morgan fingerprint density at radius 1 is 1.44 bits per heavy atom. The lowest BCUT2D eigenvalue weighted by Gasteiger charge is -2.09. The van der Waals surface area contributed by atoms with Gasteiger partial charge in [-0.05, 0) is 17.9 Å². The largest absolute Gasteiger partial charge is 0.481 e. The molecular weight excluding hydrogens is 224 g/mol. The van der Waals surface area contributed by atoms with Crippen LogP contribution in [0.3, 0.4) is 0 Å². The summed E-state index contributed by atoms with van der Waals surface area (Å²) in [6.45, 7) is 2.05. The van der Waals surface area contributed by atoms with Crippen LogP contribution >= 0.6 is 11.3 Å². The van der Waals surface area contributed by atoms with E-state index in [4.69, 9.17) is 5.11 Å². The number of hydrogen-bond donors (Lipinski definition) is 1. The number of carbonyl (C=O) groups is 2. The normalized spacial score (nSPS) is 12.3. The number of ketones is 1. The minimum Gasteiger partial charge on any atom is -0.481 e. The van der Waals surface area contributed by atoms with Gasteiger partial charge in [0.2, 0.25) is 0 Å². The molecule has 88 valence electrons. The molecule has 1 unspecified atom stereocenters. The number of thiophene rings is 1. The monoisotopic (exact) mass is 240 g/mol. The number of aliphatic carboxylic acids is 1. The summed E-state index contributed by atoms with van der Waals surface area (Å²) in [6, 6.07) is 3.45. The average molecular weight is 240 g/mol. The topological polar surface area (TPSA) is 54.4 Å². The summed E-state index contributed by atoms with van der Waals surface area (Å²) in [6.07, 6.45) is 3.24. The molecule has 0 aromatic carbocycles. The first-order chi connectivity index (χ1) is 7.66. The van der Waals surface area contributed by atoms with E-state index in [1.54, 1.807) is 17.5 Å². The third kappa shape index (κ3) is 3.45. The molecular formula is C12H16O3S. The molecule has 1 aromatic rings. The SMILES string of the molecule is CCCCCC(C(=O)O)C(=O)c1cccs1. The van der Waals surface area contributed by atoms with Gasteiger partial charge < -0.3 is 5.11 Å². The van der Waals surface area contributed by atoms with Crippen LogP contribution in [0.2, 0.25) is 0 Å². The summed E-state index contributed by atoms with van der Waals surface area (Å²) in [5.41, 5.74) is 0. The van der Waals surface area contributed by atoms with Gasteiger partial charge in [-0.1, -0.05) is 32.3 Å². The number of carbonyl (C=O) groups excluding carboxylic acids is 1. The lowest BCUT2D eigenvalue weighted by molar-refractivity contribution is -0.140. The first kappa shape index (κ1) is 12.9. The van der Waals surface area contributed by atoms with Crippen LogP contribution in [0.1, 0.15) is 42.3 Å². The van der Waals surface area contributed by atoms with Crippen LogP contribution < -0.4 is 0 Å². The zero-order valence-corrected chi connectivity index (χ0v) is 10.1. The third-order valence-electron chi connectivity index (χ3n) is 2.47. The van der Waals surface area contributed by atoms with Crippen LogP contribution in [0.25, 0.3) is 0 Å². The second kappa shape index (κ2) is 6.43. The molecule has 1 rings (SSSR count). The molecule has 3 nitrogen and oxygen atoms in total. The van der Waals surface area contributed by atoms with Gasteiger partial charge in [-0.2, -0.15) is 0 Å². The van der Waals surface area contributed by atoms with Gasteiger partial charge in [0.1, 0.15) is 5.92 Å². The maximum Gasteiger partial charge on any atom is 0.314 e. The number of unbranched alkanes of at least 4 members (excludes halogenated alkanes) is 2. The van der Waals surface area contributed by atoms with Crippen LogP contribution in [0.5, 0.6) is 0 Å². The van der Waals surface area contributed by atoms with Crippen molar-refractivity contribution < 1.29 is 14.7 Å². The van der Waals surface area contributed by atoms with Crippen molar-refractivity contribution in [1.29, 1.82) is 0 Å². The van der Waals surface area contributed by atoms with Crippen molar-refractivity contribution in [2.45, 2.75) is 32.6 Å². The van der Waals surface area contributed by atoms with Crippen LogP contribution in [0.15, 0.2) is 17.5 Å². The molecule has 0 aliphatic rings. The van der Waals surface area contributed by atoms with Crippen molar-refractivity contribution in [2.75, 3.05) is 0 Å². The van der Waals surface area contributed by atoms with E-state index in [1.165, 1.54) is 11.3 Å². The predicted octanol–water partition coefficient (Wildman–Crippen LogP) is 3.21. The van der Waals surface area contributed by atoms with Crippen molar-refractivity contribution >= 4 is 23.1 Å². The van der Waals surface area contributed by atoms with Crippen molar-refractivity contribution in [2.24, 2.45) is 5.92 Å². The van der Waals surface area contributed by atoms with Gasteiger partial charge >= 0.3 is 5.97 Å². The summed E-state index contributed by atoms with van der Waals surface area (Å²) in [7, 11) is 0. The van der Waals surface area contributed by atoms with Gasteiger partial charge in [0, 0.05) is 0 Å². The number of rotatable bonds is 7. The molecule has 0 aliphatic heterocycles. The summed E-state index contributed by atoms with van der Waals surface area (Å²) < 4.78 is 0. The zero-order chi connectivity index (χ0) is 12.0. The Labute approximate surface area is 99.1 Å². The molecule has 0 saturated carbocycles. The van der Waals surface area contributed by atoms with Gasteiger partial charge in [0.05, 0.1) is 4.88 Å². The fourth-order valence-electron chi connectivity index (χ4n) is 1.56. The lowest BCUT2D eigenvalue weighted by atomic mass is 9.96. The molecule has 0 bridgehead atoms. The summed E-state index contributed by atoms with van der Waals surface area (Å²) in [5, 5.41) is 10.8. The highest BCUT2D eigenvalue weighted by Gasteiger charge is 2.27. The smallest absolute Gasteiger partial charge is 0.314 e. The highest BCUT2D eigenvalue weighted by Crippen LogP contribution is 2.19. The maximum absolute atomic E-state index is 11.9. The molecule has 0 radical (unpaired) electrons. The van der Waals surface area contributed by atoms with Gasteiger partial charge in [-0.25, -0.2) is 0 Å². The zero-order valence-electron chi connectivity index (χ0n) is 9.31. The Balaban J connectivity index is 2.63. The molecule has 1 N–H and O–H groups in total. The van der Waals surface area contributed by atoms with Crippen LogP contribution in [0, 0.1) is 5.92 Å². The summed E-state index contributed by atoms with van der Waals surface area (Å²) in [5.74, 6) is -2.13. The van der Waals surface area contributed by atoms with E-state index in [1.807, 2.05) is 0 Å². The van der Waals surface area contributed by atoms with E-state index >= 15 is 0 Å². The van der Waals surface area contributed by atoms with Gasteiger partial charge in [-0.3, -0.25) is 9.59 Å². The number of carboxylic acid groups (broad SMARTS) is 1. The maximum atomic E-state index is 11.9. The van der Waals surface area contributed by atoms with E-state index in [0.717, 1.165) is 19.3 Å². The Morgan fingerprint density at radius 3 is 2.69 bits per heavy atom. The van der Waals surface area contributed by atoms with Gasteiger partial charge in [-0.15, -0.1) is 11.3 Å². The molecule has 16 heavy (non-hydrogen) atoms. The quantitative estimate of drug-likeness (QED) is 0.452. The van der Waals surface area contributed by atoms with E-state index < -0.39 is 11.9 Å². The van der Waals surface area contributed by atoms with Crippen molar-refractivity contribution in [1.82, 2.24) is 0 Å². The summed E-state index contributed by atoms with van der Waals surface area (Å²) >= 11 is 1.30. The number of carboxylic acids is 1. The highest BCUT2D eigenvalue weighted by atomic mass is 32.1. The van der Waals surface area contributed by atoms with Crippen LogP contribution in [0.4, 0.5) is 0 Å². The molecule has 0 aliphatic carbocycles. The van der Waals surface area contributed by atoms with Crippen molar-refractivity contribution in [3.05, 3.63) is 22.4 Å². The standard InChI is InChI=1S/C12H16O3S/c1-2-3-4-6-9(12(14)15)11(13)10-7-5-8-16-10/h5,7-9H,2-4,6H2,1H3,(H,14,15). The van der Waals surface area contributed by atoms with Crippen molar-refractivity contribution in [3.8, 4) is 0 Å². The van der Waals surface area contributed by atoms with Crippen LogP contribution in [-0.4, -0.2) is 16.9 Å². The van der Waals surface area contributed by atoms with Crippen molar-refractivity contribution in [3.63, 3.8) is 0 Å². The highest BCUT2D eigenvalue weighted by molar-refractivity contribution is 7.12. The molecule has 1 aromatic heterocycles. The minimum atomic E-state index is -1.01. The Morgan fingerprint density at radius 2 is 2.19 bits per heavy atom. The second-order valence-electron chi connectivity index (χ2n) is 3.73. The van der Waals surface area contributed by atoms with E-state index in [9.17, 15) is 9.59 Å². The average Bonchev–Trinajstić information content (AvgIpc) is 2.76. The molecule has 1 heterocycles. The Bertz CT molecular complexity index is 343. The van der Waals surface area contributed by atoms with Gasteiger partial charge in [0.15, 0.2) is 5.78 Å². The number of Topliss-reactive ketones (excluding diaryl/α,β-unsaturated/α-hetero) is 1. The van der Waals surface area contributed by atoms with E-state index in [2.05, 4.69) is 6.92 Å². The minimum absolute atomic E-state index is 0.251. The molecule has 0 amide bonds. The molecule has 0 spiro atoms. The molecule has 0 fully saturated rings. The number of hydrogen-bond acceptors (Lipinski definition) is 3. The predicted molar refractivity (Wildman–Crippen MR) is 63.9 cm³/mol. The first-order valence-electron chi connectivity index (χ1n) is 5.47. The molecule has 0 saturated heterocycles. The fourth-order valence-corrected chi connectivity index (χ4v) is 2.27. The second-order valence-corrected chi connectivity index (χ2v) is 4.68. The fraction of sp³-hybridized carbons (Fsp3) is 0.500. The molecule has 4 heteroatoms. The van der Waals surface area contributed by atoms with Crippen LogP contribution in [-0.2, 0) is 4.79 Å². The Hall–Kier alpha value is -1.16. The van der Waals surface area contributed by atoms with E-state index in [-0.39, 0.29) is 5.78 Å². The first-order valence-corrected chi connectivity index (χ1v) is 6.35.